The molecule has 1 atom stereocenters. The van der Waals surface area contributed by atoms with Gasteiger partial charge in [-0.05, 0) is 45.8 Å². The van der Waals surface area contributed by atoms with E-state index in [-0.39, 0.29) is 23.8 Å². The van der Waals surface area contributed by atoms with Gasteiger partial charge in [-0.3, -0.25) is 9.69 Å². The van der Waals surface area contributed by atoms with Crippen molar-refractivity contribution in [1.29, 1.82) is 0 Å². The van der Waals surface area contributed by atoms with Crippen LogP contribution in [0.3, 0.4) is 0 Å². The highest BCUT2D eigenvalue weighted by Gasteiger charge is 2.31. The van der Waals surface area contributed by atoms with Crippen LogP contribution in [0.2, 0.25) is 0 Å². The molecule has 3 rings (SSSR count). The van der Waals surface area contributed by atoms with Crippen LogP contribution in [0.4, 0.5) is 9.18 Å². The molecule has 0 aromatic heterocycles. The Morgan fingerprint density at radius 3 is 2.26 bits per heavy atom. The van der Waals surface area contributed by atoms with E-state index >= 15 is 0 Å². The summed E-state index contributed by atoms with van der Waals surface area (Å²) >= 11 is 0. The molecule has 3 amide bonds. The Balaban J connectivity index is 1.56. The van der Waals surface area contributed by atoms with Gasteiger partial charge in [0.1, 0.15) is 11.9 Å². The summed E-state index contributed by atoms with van der Waals surface area (Å²) in [4.78, 5) is 30.8. The van der Waals surface area contributed by atoms with E-state index in [1.54, 1.807) is 37.2 Å². The average molecular weight is 376 g/mol. The minimum Gasteiger partial charge on any atom is -0.352 e. The van der Waals surface area contributed by atoms with Crippen molar-refractivity contribution >= 4 is 11.9 Å². The molecule has 2 fully saturated rings. The Bertz CT molecular complexity index is 668. The maximum Gasteiger partial charge on any atom is 0.319 e. The van der Waals surface area contributed by atoms with Gasteiger partial charge in [-0.25, -0.2) is 9.18 Å². The van der Waals surface area contributed by atoms with Gasteiger partial charge in [0.15, 0.2) is 0 Å². The fourth-order valence-electron chi connectivity index (χ4n) is 3.95. The van der Waals surface area contributed by atoms with Crippen LogP contribution in [0.15, 0.2) is 24.3 Å². The van der Waals surface area contributed by atoms with Crippen LogP contribution in [-0.2, 0) is 4.79 Å². The van der Waals surface area contributed by atoms with Gasteiger partial charge in [-0.2, -0.15) is 0 Å². The Morgan fingerprint density at radius 2 is 1.67 bits per heavy atom. The third-order valence-corrected chi connectivity index (χ3v) is 5.45. The Hall–Kier alpha value is -2.15. The fraction of sp³-hybridized carbons (Fsp3) is 0.600. The number of carbonyl (C=O) groups excluding carboxylic acids is 2. The van der Waals surface area contributed by atoms with Crippen molar-refractivity contribution in [1.82, 2.24) is 20.0 Å². The van der Waals surface area contributed by atoms with Gasteiger partial charge in [0.2, 0.25) is 5.91 Å². The van der Waals surface area contributed by atoms with Gasteiger partial charge < -0.3 is 15.1 Å². The number of hydrogen-bond acceptors (Lipinski definition) is 3. The number of urea groups is 1. The molecule has 0 saturated carbocycles. The van der Waals surface area contributed by atoms with E-state index in [0.717, 1.165) is 38.8 Å². The first kappa shape index (κ1) is 19.6. The van der Waals surface area contributed by atoms with Crippen molar-refractivity contribution < 1.29 is 14.0 Å². The second-order valence-electron chi connectivity index (χ2n) is 7.63. The van der Waals surface area contributed by atoms with E-state index in [1.807, 2.05) is 9.80 Å². The molecule has 27 heavy (non-hydrogen) atoms. The zero-order valence-electron chi connectivity index (χ0n) is 16.2. The number of likely N-dealkylation sites (N-methyl/N-ethyl adjacent to an activating group) is 1. The van der Waals surface area contributed by atoms with E-state index < -0.39 is 6.04 Å². The lowest BCUT2D eigenvalue weighted by Gasteiger charge is -2.35. The largest absolute Gasteiger partial charge is 0.352 e. The molecule has 6 nitrogen and oxygen atoms in total. The zero-order chi connectivity index (χ0) is 19.4. The molecule has 148 valence electrons. The third kappa shape index (κ3) is 4.58. The number of halogens is 1. The molecule has 1 N–H and O–H groups in total. The summed E-state index contributed by atoms with van der Waals surface area (Å²) in [6.45, 7) is 2.99. The Kier molecular flexibility index (Phi) is 6.31. The first-order chi connectivity index (χ1) is 13.0. The molecule has 2 saturated heterocycles. The molecular weight excluding hydrogens is 347 g/mol. The zero-order valence-corrected chi connectivity index (χ0v) is 16.2. The van der Waals surface area contributed by atoms with Gasteiger partial charge >= 0.3 is 6.03 Å². The summed E-state index contributed by atoms with van der Waals surface area (Å²) in [6.07, 6.45) is 3.62. The number of hydrogen-bond donors (Lipinski definition) is 1. The average Bonchev–Trinajstić information content (AvgIpc) is 3.18. The predicted molar refractivity (Wildman–Crippen MR) is 102 cm³/mol. The van der Waals surface area contributed by atoms with Gasteiger partial charge in [0, 0.05) is 37.8 Å². The normalized spacial score (nSPS) is 19.4. The molecule has 0 unspecified atom stereocenters. The summed E-state index contributed by atoms with van der Waals surface area (Å²) in [6, 6.07) is 5.85. The van der Waals surface area contributed by atoms with Crippen LogP contribution in [-0.4, -0.2) is 73.0 Å². The molecule has 7 heteroatoms. The first-order valence-electron chi connectivity index (χ1n) is 9.72. The van der Waals surface area contributed by atoms with Crippen LogP contribution in [0.25, 0.3) is 0 Å². The standard InChI is InChI=1S/C20H29FN4O2/c1-23(2)18(16-7-3-4-8-17(16)21)19(26)22-15-9-13-25(14-10-15)20(27)24-11-5-6-12-24/h3-4,7-8,15,18H,5-6,9-14H2,1-2H3,(H,22,26)/t18-/m1/s1. The van der Waals surface area contributed by atoms with Crippen LogP contribution in [0, 0.1) is 5.82 Å². The predicted octanol–water partition coefficient (Wildman–Crippen LogP) is 2.22. The third-order valence-electron chi connectivity index (χ3n) is 5.45. The SMILES string of the molecule is CN(C)[C@@H](C(=O)NC1CCN(C(=O)N2CCCC2)CC1)c1ccccc1F. The lowest BCUT2D eigenvalue weighted by molar-refractivity contribution is -0.126. The van der Waals surface area contributed by atoms with E-state index in [9.17, 15) is 14.0 Å². The molecule has 1 aromatic rings. The smallest absolute Gasteiger partial charge is 0.319 e. The number of rotatable bonds is 4. The quantitative estimate of drug-likeness (QED) is 0.877. The van der Waals surface area contributed by atoms with Gasteiger partial charge in [-0.15, -0.1) is 0 Å². The number of piperidine rings is 1. The second kappa shape index (κ2) is 8.69. The van der Waals surface area contributed by atoms with Gasteiger partial charge in [0.25, 0.3) is 0 Å². The highest BCUT2D eigenvalue weighted by atomic mass is 19.1. The van der Waals surface area contributed by atoms with Crippen molar-refractivity contribution in [3.8, 4) is 0 Å². The summed E-state index contributed by atoms with van der Waals surface area (Å²) in [5.41, 5.74) is 0.377. The maximum absolute atomic E-state index is 14.2. The number of nitrogens with zero attached hydrogens (tertiary/aromatic N) is 3. The van der Waals surface area contributed by atoms with Gasteiger partial charge in [-0.1, -0.05) is 18.2 Å². The number of likely N-dealkylation sites (tertiary alicyclic amines) is 2. The van der Waals surface area contributed by atoms with Crippen LogP contribution >= 0.6 is 0 Å². The lowest BCUT2D eigenvalue weighted by atomic mass is 10.0. The Labute approximate surface area is 160 Å². The topological polar surface area (TPSA) is 55.9 Å². The van der Waals surface area contributed by atoms with E-state index in [2.05, 4.69) is 5.32 Å². The van der Waals surface area contributed by atoms with Crippen LogP contribution in [0.1, 0.15) is 37.3 Å². The van der Waals surface area contributed by atoms with Crippen molar-refractivity contribution in [3.63, 3.8) is 0 Å². The number of amides is 3. The number of benzene rings is 1. The molecule has 2 aliphatic heterocycles. The van der Waals surface area contributed by atoms with E-state index in [1.165, 1.54) is 6.07 Å². The summed E-state index contributed by atoms with van der Waals surface area (Å²) in [7, 11) is 3.54. The minimum absolute atomic E-state index is 0.00866. The van der Waals surface area contributed by atoms with Crippen molar-refractivity contribution in [2.45, 2.75) is 37.8 Å². The molecular formula is C20H29FN4O2. The highest BCUT2D eigenvalue weighted by molar-refractivity contribution is 5.83. The highest BCUT2D eigenvalue weighted by Crippen LogP contribution is 2.23. The molecule has 0 bridgehead atoms. The molecule has 2 aliphatic rings. The Morgan fingerprint density at radius 1 is 1.07 bits per heavy atom. The fourth-order valence-corrected chi connectivity index (χ4v) is 3.95. The van der Waals surface area contributed by atoms with E-state index in [4.69, 9.17) is 0 Å². The summed E-state index contributed by atoms with van der Waals surface area (Å²) < 4.78 is 14.2. The monoisotopic (exact) mass is 376 g/mol. The van der Waals surface area contributed by atoms with E-state index in [0.29, 0.717) is 18.7 Å². The number of nitrogens with one attached hydrogen (secondary N) is 1. The molecule has 0 spiro atoms. The molecule has 0 radical (unpaired) electrons. The summed E-state index contributed by atoms with van der Waals surface area (Å²) in [5.74, 6) is -0.577. The van der Waals surface area contributed by atoms with Gasteiger partial charge in [0.05, 0.1) is 0 Å². The number of carbonyl (C=O) groups is 2. The second-order valence-corrected chi connectivity index (χ2v) is 7.63. The molecule has 0 aliphatic carbocycles. The lowest BCUT2D eigenvalue weighted by Crippen LogP contribution is -2.51. The van der Waals surface area contributed by atoms with Crippen molar-refractivity contribution in [2.24, 2.45) is 0 Å². The van der Waals surface area contributed by atoms with Crippen LogP contribution < -0.4 is 5.32 Å². The minimum atomic E-state index is -0.671. The molecule has 1 aromatic carbocycles. The summed E-state index contributed by atoms with van der Waals surface area (Å²) in [5, 5.41) is 3.06. The van der Waals surface area contributed by atoms with Crippen molar-refractivity contribution in [3.05, 3.63) is 35.6 Å². The molecule has 2 heterocycles. The van der Waals surface area contributed by atoms with Crippen LogP contribution in [0.5, 0.6) is 0 Å². The van der Waals surface area contributed by atoms with Crippen molar-refractivity contribution in [2.75, 3.05) is 40.3 Å². The maximum atomic E-state index is 14.2. The first-order valence-corrected chi connectivity index (χ1v) is 9.72.